The van der Waals surface area contributed by atoms with Crippen molar-refractivity contribution >= 4 is 22.4 Å². The van der Waals surface area contributed by atoms with Crippen molar-refractivity contribution < 1.29 is 13.2 Å². The monoisotopic (exact) mass is 348 g/mol. The largest absolute Gasteiger partial charge is 0.495 e. The average Bonchev–Trinajstić information content (AvgIpc) is 2.37. The second kappa shape index (κ2) is 7.64. The van der Waals surface area contributed by atoms with E-state index < -0.39 is 10.0 Å². The summed E-state index contributed by atoms with van der Waals surface area (Å²) in [4.78, 5) is 0.210. The molecule has 126 valence electrons. The van der Waals surface area contributed by atoms with Crippen LogP contribution in [-0.2, 0) is 10.0 Å². The van der Waals surface area contributed by atoms with Crippen molar-refractivity contribution in [2.24, 2.45) is 5.73 Å². The van der Waals surface area contributed by atoms with E-state index in [0.29, 0.717) is 12.2 Å². The minimum absolute atomic E-state index is 0. The lowest BCUT2D eigenvalue weighted by Crippen LogP contribution is -2.42. The Hall–Kier alpha value is -0.820. The van der Waals surface area contributed by atoms with Crippen LogP contribution in [0.3, 0.4) is 0 Å². The zero-order valence-corrected chi connectivity index (χ0v) is 14.9. The first-order chi connectivity index (χ1) is 9.83. The Kier molecular flexibility index (Phi) is 6.67. The molecule has 5 nitrogen and oxygen atoms in total. The van der Waals surface area contributed by atoms with Crippen LogP contribution in [0.25, 0.3) is 0 Å². The summed E-state index contributed by atoms with van der Waals surface area (Å²) in [5.74, 6) is 0.410. The average molecular weight is 349 g/mol. The summed E-state index contributed by atoms with van der Waals surface area (Å²) >= 11 is 0. The summed E-state index contributed by atoms with van der Waals surface area (Å²) in [5.41, 5.74) is 7.64. The zero-order chi connectivity index (χ0) is 15.6. The van der Waals surface area contributed by atoms with Gasteiger partial charge in [0.05, 0.1) is 7.11 Å². The van der Waals surface area contributed by atoms with Crippen LogP contribution in [-0.4, -0.2) is 27.6 Å². The highest BCUT2D eigenvalue weighted by atomic mass is 35.5. The molecule has 2 unspecified atom stereocenters. The van der Waals surface area contributed by atoms with Crippen LogP contribution >= 0.6 is 12.4 Å². The molecule has 0 amide bonds. The second-order valence-electron chi connectivity index (χ2n) is 5.86. The van der Waals surface area contributed by atoms with E-state index in [0.717, 1.165) is 30.4 Å². The van der Waals surface area contributed by atoms with Crippen LogP contribution in [0, 0.1) is 13.8 Å². The first-order valence-corrected chi connectivity index (χ1v) is 8.75. The van der Waals surface area contributed by atoms with Gasteiger partial charge in [-0.25, -0.2) is 13.1 Å². The third-order valence-corrected chi connectivity index (χ3v) is 5.44. The predicted molar refractivity (Wildman–Crippen MR) is 90.3 cm³/mol. The maximum Gasteiger partial charge on any atom is 0.244 e. The number of sulfonamides is 1. The molecule has 2 atom stereocenters. The van der Waals surface area contributed by atoms with Crippen molar-refractivity contribution in [2.75, 3.05) is 7.11 Å². The molecule has 0 radical (unpaired) electrons. The highest BCUT2D eigenvalue weighted by molar-refractivity contribution is 7.89. The van der Waals surface area contributed by atoms with E-state index in [4.69, 9.17) is 10.5 Å². The number of aryl methyl sites for hydroxylation is 2. The second-order valence-corrected chi connectivity index (χ2v) is 7.54. The zero-order valence-electron chi connectivity index (χ0n) is 13.3. The summed E-state index contributed by atoms with van der Waals surface area (Å²) in [6.07, 6.45) is 3.44. The Morgan fingerprint density at radius 2 is 1.95 bits per heavy atom. The lowest BCUT2D eigenvalue weighted by molar-refractivity contribution is 0.369. The molecule has 7 heteroatoms. The molecule has 0 bridgehead atoms. The van der Waals surface area contributed by atoms with Crippen molar-refractivity contribution in [2.45, 2.75) is 56.5 Å². The number of benzene rings is 1. The molecule has 1 aliphatic carbocycles. The molecule has 1 saturated carbocycles. The van der Waals surface area contributed by atoms with Crippen molar-refractivity contribution in [3.05, 3.63) is 23.3 Å². The first kappa shape index (κ1) is 19.2. The fourth-order valence-corrected chi connectivity index (χ4v) is 4.60. The Morgan fingerprint density at radius 1 is 1.27 bits per heavy atom. The van der Waals surface area contributed by atoms with Crippen molar-refractivity contribution in [3.63, 3.8) is 0 Å². The van der Waals surface area contributed by atoms with Gasteiger partial charge in [0, 0.05) is 12.1 Å². The molecule has 0 aromatic heterocycles. The smallest absolute Gasteiger partial charge is 0.244 e. The van der Waals surface area contributed by atoms with Gasteiger partial charge in [-0.15, -0.1) is 12.4 Å². The number of ether oxygens (including phenoxy) is 1. The van der Waals surface area contributed by atoms with Gasteiger partial charge < -0.3 is 10.5 Å². The molecule has 0 spiro atoms. The maximum atomic E-state index is 12.7. The number of rotatable bonds is 4. The van der Waals surface area contributed by atoms with Crippen LogP contribution in [0.15, 0.2) is 17.0 Å². The Morgan fingerprint density at radius 3 is 2.55 bits per heavy atom. The summed E-state index contributed by atoms with van der Waals surface area (Å²) in [6.45, 7) is 3.73. The third kappa shape index (κ3) is 4.35. The van der Waals surface area contributed by atoms with Gasteiger partial charge in [0.15, 0.2) is 0 Å². The summed E-state index contributed by atoms with van der Waals surface area (Å²) in [5, 5.41) is 0. The Labute approximate surface area is 139 Å². The van der Waals surface area contributed by atoms with Gasteiger partial charge in [0.2, 0.25) is 10.0 Å². The highest BCUT2D eigenvalue weighted by Crippen LogP contribution is 2.30. The molecule has 0 saturated heterocycles. The summed E-state index contributed by atoms with van der Waals surface area (Å²) in [6, 6.07) is 3.54. The maximum absolute atomic E-state index is 12.7. The van der Waals surface area contributed by atoms with E-state index in [1.165, 1.54) is 7.11 Å². The number of nitrogens with two attached hydrogens (primary N) is 1. The first-order valence-electron chi connectivity index (χ1n) is 7.26. The Bertz CT molecular complexity index is 619. The van der Waals surface area contributed by atoms with Crippen LogP contribution in [0.1, 0.15) is 36.8 Å². The van der Waals surface area contributed by atoms with Crippen molar-refractivity contribution in [3.8, 4) is 5.75 Å². The number of methoxy groups -OCH3 is 1. The topological polar surface area (TPSA) is 81.4 Å². The molecule has 1 aromatic carbocycles. The standard InChI is InChI=1S/C15H24N2O3S.ClH/c1-10-7-11(2)15(20-3)14(8-10)21(18,19)17-13-6-4-5-12(16)9-13;/h7-8,12-13,17H,4-6,9,16H2,1-3H3;1H. The van der Waals surface area contributed by atoms with Gasteiger partial charge in [-0.05, 0) is 50.3 Å². The van der Waals surface area contributed by atoms with Gasteiger partial charge in [-0.1, -0.05) is 12.5 Å². The normalized spacial score (nSPS) is 22.0. The van der Waals surface area contributed by atoms with Crippen LogP contribution < -0.4 is 15.2 Å². The van der Waals surface area contributed by atoms with E-state index in [9.17, 15) is 8.42 Å². The van der Waals surface area contributed by atoms with Crippen LogP contribution in [0.5, 0.6) is 5.75 Å². The van der Waals surface area contributed by atoms with Crippen molar-refractivity contribution in [1.82, 2.24) is 4.72 Å². The summed E-state index contributed by atoms with van der Waals surface area (Å²) in [7, 11) is -2.11. The van der Waals surface area contributed by atoms with Crippen LogP contribution in [0.4, 0.5) is 0 Å². The lowest BCUT2D eigenvalue weighted by Gasteiger charge is -2.27. The third-order valence-electron chi connectivity index (χ3n) is 3.92. The highest BCUT2D eigenvalue weighted by Gasteiger charge is 2.27. The number of hydrogen-bond acceptors (Lipinski definition) is 4. The molecule has 1 aromatic rings. The van der Waals surface area contributed by atoms with Gasteiger partial charge in [-0.3, -0.25) is 0 Å². The van der Waals surface area contributed by atoms with Crippen LogP contribution in [0.2, 0.25) is 0 Å². The fraction of sp³-hybridized carbons (Fsp3) is 0.600. The van der Waals surface area contributed by atoms with E-state index in [1.54, 1.807) is 6.07 Å². The van der Waals surface area contributed by atoms with Crippen molar-refractivity contribution in [1.29, 1.82) is 0 Å². The molecule has 3 N–H and O–H groups in total. The fourth-order valence-electron chi connectivity index (χ4n) is 2.99. The minimum Gasteiger partial charge on any atom is -0.495 e. The molecule has 0 aliphatic heterocycles. The minimum atomic E-state index is -3.60. The molecular weight excluding hydrogens is 324 g/mol. The van der Waals surface area contributed by atoms with E-state index in [-0.39, 0.29) is 29.4 Å². The molecule has 0 heterocycles. The SMILES string of the molecule is COc1c(C)cc(C)cc1S(=O)(=O)NC1CCCC(N)C1.Cl. The van der Waals surface area contributed by atoms with Gasteiger partial charge in [0.25, 0.3) is 0 Å². The molecule has 2 rings (SSSR count). The van der Waals surface area contributed by atoms with E-state index in [2.05, 4.69) is 4.72 Å². The van der Waals surface area contributed by atoms with Gasteiger partial charge >= 0.3 is 0 Å². The number of halogens is 1. The lowest BCUT2D eigenvalue weighted by atomic mass is 9.92. The number of nitrogens with one attached hydrogen (secondary N) is 1. The Balaban J connectivity index is 0.00000242. The molecular formula is C15H25ClN2O3S. The molecule has 1 fully saturated rings. The van der Waals surface area contributed by atoms with Gasteiger partial charge in [0.1, 0.15) is 10.6 Å². The molecule has 22 heavy (non-hydrogen) atoms. The number of hydrogen-bond donors (Lipinski definition) is 2. The van der Waals surface area contributed by atoms with E-state index in [1.807, 2.05) is 19.9 Å². The van der Waals surface area contributed by atoms with E-state index >= 15 is 0 Å². The predicted octanol–water partition coefficient (Wildman–Crippen LogP) is 2.28. The molecule has 1 aliphatic rings. The summed E-state index contributed by atoms with van der Waals surface area (Å²) < 4.78 is 33.4. The van der Waals surface area contributed by atoms with Gasteiger partial charge in [-0.2, -0.15) is 0 Å². The quantitative estimate of drug-likeness (QED) is 0.874.